The second kappa shape index (κ2) is 6.95. The van der Waals surface area contributed by atoms with Crippen molar-refractivity contribution in [3.63, 3.8) is 0 Å². The van der Waals surface area contributed by atoms with Gasteiger partial charge >= 0.3 is 6.09 Å². The van der Waals surface area contributed by atoms with E-state index >= 15 is 0 Å². The molecule has 0 spiro atoms. The van der Waals surface area contributed by atoms with Crippen LogP contribution in [-0.4, -0.2) is 29.5 Å². The minimum atomic E-state index is -0.826. The van der Waals surface area contributed by atoms with Crippen LogP contribution in [0.4, 0.5) is 9.80 Å². The SMILES string of the molecule is CCOC(=O)NC(=O)c1ccsc1NC(=O)c1cncs1. The van der Waals surface area contributed by atoms with Crippen LogP contribution in [0.25, 0.3) is 0 Å². The second-order valence-electron chi connectivity index (χ2n) is 3.66. The highest BCUT2D eigenvalue weighted by atomic mass is 32.1. The zero-order valence-corrected chi connectivity index (χ0v) is 12.5. The van der Waals surface area contributed by atoms with Gasteiger partial charge in [0.25, 0.3) is 11.8 Å². The molecule has 0 saturated carbocycles. The molecule has 3 amide bonds. The number of aromatic nitrogens is 1. The fraction of sp³-hybridized carbons (Fsp3) is 0.167. The Balaban J connectivity index is 2.06. The molecule has 0 aromatic carbocycles. The van der Waals surface area contributed by atoms with Crippen molar-refractivity contribution in [3.05, 3.63) is 33.6 Å². The Morgan fingerprint density at radius 1 is 1.29 bits per heavy atom. The van der Waals surface area contributed by atoms with Crippen molar-refractivity contribution in [2.24, 2.45) is 0 Å². The Morgan fingerprint density at radius 2 is 2.10 bits per heavy atom. The first kappa shape index (κ1) is 15.1. The molecule has 0 bridgehead atoms. The summed E-state index contributed by atoms with van der Waals surface area (Å²) < 4.78 is 4.63. The molecule has 2 aromatic heterocycles. The quantitative estimate of drug-likeness (QED) is 0.899. The van der Waals surface area contributed by atoms with E-state index in [9.17, 15) is 14.4 Å². The summed E-state index contributed by atoms with van der Waals surface area (Å²) in [6, 6.07) is 1.52. The summed E-state index contributed by atoms with van der Waals surface area (Å²) in [6.45, 7) is 1.80. The van der Waals surface area contributed by atoms with E-state index in [1.54, 1.807) is 12.3 Å². The summed E-state index contributed by atoms with van der Waals surface area (Å²) in [5.74, 6) is -0.987. The van der Waals surface area contributed by atoms with E-state index in [0.717, 1.165) is 0 Å². The summed E-state index contributed by atoms with van der Waals surface area (Å²) in [4.78, 5) is 39.3. The molecular weight excluding hydrogens is 314 g/mol. The van der Waals surface area contributed by atoms with E-state index in [1.165, 1.54) is 40.4 Å². The molecule has 0 unspecified atom stereocenters. The van der Waals surface area contributed by atoms with E-state index in [1.807, 2.05) is 0 Å². The molecule has 0 atom stereocenters. The number of thiazole rings is 1. The minimum absolute atomic E-state index is 0.164. The van der Waals surface area contributed by atoms with Crippen LogP contribution in [0.3, 0.4) is 0 Å². The zero-order valence-electron chi connectivity index (χ0n) is 10.9. The topological polar surface area (TPSA) is 97.4 Å². The number of hydrogen-bond acceptors (Lipinski definition) is 7. The van der Waals surface area contributed by atoms with E-state index in [4.69, 9.17) is 0 Å². The number of rotatable bonds is 4. The molecule has 2 rings (SSSR count). The maximum absolute atomic E-state index is 11.9. The first-order chi connectivity index (χ1) is 10.1. The largest absolute Gasteiger partial charge is 0.450 e. The average Bonchev–Trinajstić information content (AvgIpc) is 3.09. The Bertz CT molecular complexity index is 651. The highest BCUT2D eigenvalue weighted by molar-refractivity contribution is 7.15. The number of carbonyl (C=O) groups is 3. The van der Waals surface area contributed by atoms with E-state index in [0.29, 0.717) is 9.88 Å². The number of alkyl carbamates (subject to hydrolysis) is 1. The number of hydrogen-bond donors (Lipinski definition) is 2. The van der Waals surface area contributed by atoms with Gasteiger partial charge in [-0.25, -0.2) is 4.79 Å². The maximum Gasteiger partial charge on any atom is 0.414 e. The van der Waals surface area contributed by atoms with Crippen molar-refractivity contribution < 1.29 is 19.1 Å². The Labute approximate surface area is 128 Å². The van der Waals surface area contributed by atoms with Crippen LogP contribution in [0.15, 0.2) is 23.2 Å². The lowest BCUT2D eigenvalue weighted by atomic mass is 10.3. The Morgan fingerprint density at radius 3 is 2.76 bits per heavy atom. The molecular formula is C12H11N3O4S2. The highest BCUT2D eigenvalue weighted by Crippen LogP contribution is 2.24. The van der Waals surface area contributed by atoms with Gasteiger partial charge in [-0.2, -0.15) is 0 Å². The molecule has 0 aliphatic carbocycles. The first-order valence-electron chi connectivity index (χ1n) is 5.87. The monoisotopic (exact) mass is 325 g/mol. The summed E-state index contributed by atoms with van der Waals surface area (Å²) >= 11 is 2.37. The number of amides is 3. The zero-order chi connectivity index (χ0) is 15.2. The molecule has 0 aliphatic heterocycles. The van der Waals surface area contributed by atoms with E-state index < -0.39 is 12.0 Å². The number of imide groups is 1. The third kappa shape index (κ3) is 3.86. The van der Waals surface area contributed by atoms with Crippen molar-refractivity contribution >= 4 is 45.6 Å². The Hall–Kier alpha value is -2.26. The van der Waals surface area contributed by atoms with Crippen molar-refractivity contribution in [1.82, 2.24) is 10.3 Å². The molecule has 2 aromatic rings. The van der Waals surface area contributed by atoms with Gasteiger partial charge in [0.2, 0.25) is 0 Å². The predicted molar refractivity (Wildman–Crippen MR) is 78.9 cm³/mol. The summed E-state index contributed by atoms with van der Waals surface area (Å²) in [5, 5.41) is 6.69. The van der Waals surface area contributed by atoms with Crippen LogP contribution >= 0.6 is 22.7 Å². The summed E-state index contributed by atoms with van der Waals surface area (Å²) in [7, 11) is 0. The molecule has 9 heteroatoms. The molecule has 7 nitrogen and oxygen atoms in total. The molecule has 0 aliphatic rings. The van der Waals surface area contributed by atoms with Gasteiger partial charge in [-0.05, 0) is 18.4 Å². The fourth-order valence-electron chi connectivity index (χ4n) is 1.40. The summed E-state index contributed by atoms with van der Waals surface area (Å²) in [6.07, 6.45) is 0.611. The highest BCUT2D eigenvalue weighted by Gasteiger charge is 2.18. The number of nitrogens with zero attached hydrogens (tertiary/aromatic N) is 1. The van der Waals surface area contributed by atoms with Crippen LogP contribution < -0.4 is 10.6 Å². The molecule has 2 heterocycles. The van der Waals surface area contributed by atoms with Crippen LogP contribution in [0.1, 0.15) is 27.0 Å². The average molecular weight is 325 g/mol. The van der Waals surface area contributed by atoms with Gasteiger partial charge in [0.15, 0.2) is 0 Å². The normalized spacial score (nSPS) is 9.95. The van der Waals surface area contributed by atoms with Gasteiger partial charge in [-0.1, -0.05) is 0 Å². The molecule has 110 valence electrons. The lowest BCUT2D eigenvalue weighted by molar-refractivity contribution is 0.0926. The maximum atomic E-state index is 11.9. The number of nitrogens with one attached hydrogen (secondary N) is 2. The van der Waals surface area contributed by atoms with Crippen LogP contribution in [0.2, 0.25) is 0 Å². The van der Waals surface area contributed by atoms with Gasteiger partial charge < -0.3 is 10.1 Å². The van der Waals surface area contributed by atoms with Gasteiger partial charge in [0, 0.05) is 0 Å². The smallest absolute Gasteiger partial charge is 0.414 e. The molecule has 21 heavy (non-hydrogen) atoms. The Kier molecular flexibility index (Phi) is 5.01. The second-order valence-corrected chi connectivity index (χ2v) is 5.46. The van der Waals surface area contributed by atoms with Crippen LogP contribution in [0, 0.1) is 0 Å². The lowest BCUT2D eigenvalue weighted by Crippen LogP contribution is -2.31. The lowest BCUT2D eigenvalue weighted by Gasteiger charge is -2.06. The molecule has 0 radical (unpaired) electrons. The summed E-state index contributed by atoms with van der Waals surface area (Å²) in [5.41, 5.74) is 1.74. The van der Waals surface area contributed by atoms with E-state index in [2.05, 4.69) is 20.4 Å². The third-order valence-electron chi connectivity index (χ3n) is 2.28. The van der Waals surface area contributed by atoms with Crippen LogP contribution in [0.5, 0.6) is 0 Å². The van der Waals surface area contributed by atoms with Gasteiger partial charge in [-0.3, -0.25) is 19.9 Å². The van der Waals surface area contributed by atoms with Crippen molar-refractivity contribution in [3.8, 4) is 0 Å². The van der Waals surface area contributed by atoms with Gasteiger partial charge in [-0.15, -0.1) is 22.7 Å². The van der Waals surface area contributed by atoms with Crippen LogP contribution in [-0.2, 0) is 4.74 Å². The minimum Gasteiger partial charge on any atom is -0.450 e. The van der Waals surface area contributed by atoms with E-state index in [-0.39, 0.29) is 18.1 Å². The van der Waals surface area contributed by atoms with Crippen molar-refractivity contribution in [1.29, 1.82) is 0 Å². The van der Waals surface area contributed by atoms with Crippen molar-refractivity contribution in [2.75, 3.05) is 11.9 Å². The molecule has 0 saturated heterocycles. The number of anilines is 1. The fourth-order valence-corrected chi connectivity index (χ4v) is 2.70. The molecule has 0 fully saturated rings. The third-order valence-corrected chi connectivity index (χ3v) is 3.89. The number of thiophene rings is 1. The number of carbonyl (C=O) groups excluding carboxylic acids is 3. The van der Waals surface area contributed by atoms with Crippen molar-refractivity contribution in [2.45, 2.75) is 6.92 Å². The standard InChI is InChI=1S/C12H11N3O4S2/c1-2-19-12(18)15-9(16)7-3-4-20-11(7)14-10(17)8-5-13-6-21-8/h3-6H,2H2,1H3,(H,14,17)(H,15,16,18). The van der Waals surface area contributed by atoms with Gasteiger partial charge in [0.1, 0.15) is 9.88 Å². The predicted octanol–water partition coefficient (Wildman–Crippen LogP) is 2.34. The first-order valence-corrected chi connectivity index (χ1v) is 7.63. The number of ether oxygens (including phenoxy) is 1. The molecule has 2 N–H and O–H groups in total. The van der Waals surface area contributed by atoms with Gasteiger partial charge in [0.05, 0.1) is 23.9 Å².